The van der Waals surface area contributed by atoms with E-state index < -0.39 is 0 Å². The zero-order valence-electron chi connectivity index (χ0n) is 7.41. The van der Waals surface area contributed by atoms with Crippen LogP contribution >= 0.6 is 11.6 Å². The quantitative estimate of drug-likeness (QED) is 0.618. The van der Waals surface area contributed by atoms with Crippen molar-refractivity contribution in [2.24, 2.45) is 11.3 Å². The van der Waals surface area contributed by atoms with Gasteiger partial charge in [0.05, 0.1) is 0 Å². The number of halogens is 1. The van der Waals surface area contributed by atoms with E-state index in [4.69, 9.17) is 11.6 Å². The molecule has 1 heterocycles. The minimum Gasteiger partial charge on any atom is -0.317 e. The topological polar surface area (TPSA) is 12.0 Å². The molecule has 68 valence electrons. The van der Waals surface area contributed by atoms with Gasteiger partial charge >= 0.3 is 0 Å². The number of hydrogen-bond acceptors (Lipinski definition) is 1. The van der Waals surface area contributed by atoms with Gasteiger partial charge in [-0.05, 0) is 56.5 Å². The Kier molecular flexibility index (Phi) is 1.39. The summed E-state index contributed by atoms with van der Waals surface area (Å²) in [6, 6.07) is 0. The van der Waals surface area contributed by atoms with E-state index in [-0.39, 0.29) is 4.87 Å². The first kappa shape index (κ1) is 7.64. The second-order valence-electron chi connectivity index (χ2n) is 5.07. The third kappa shape index (κ3) is 0.843. The van der Waals surface area contributed by atoms with Gasteiger partial charge in [0.25, 0.3) is 0 Å². The van der Waals surface area contributed by atoms with Gasteiger partial charge in [0.2, 0.25) is 0 Å². The Balaban J connectivity index is 1.67. The molecule has 12 heavy (non-hydrogen) atoms. The molecule has 2 bridgehead atoms. The lowest BCUT2D eigenvalue weighted by Gasteiger charge is -2.71. The highest BCUT2D eigenvalue weighted by Gasteiger charge is 2.69. The second-order valence-corrected chi connectivity index (χ2v) is 5.87. The Labute approximate surface area is 78.9 Å². The van der Waals surface area contributed by atoms with Gasteiger partial charge in [-0.15, -0.1) is 11.6 Å². The Morgan fingerprint density at radius 3 is 2.17 bits per heavy atom. The molecular formula is C10H16ClN. The fraction of sp³-hybridized carbons (Fsp3) is 1.00. The lowest BCUT2D eigenvalue weighted by molar-refractivity contribution is -0.136. The van der Waals surface area contributed by atoms with Crippen LogP contribution in [0.5, 0.6) is 0 Å². The van der Waals surface area contributed by atoms with Crippen LogP contribution in [0.1, 0.15) is 32.1 Å². The van der Waals surface area contributed by atoms with Crippen LogP contribution in [-0.4, -0.2) is 18.0 Å². The average molecular weight is 186 g/mol. The van der Waals surface area contributed by atoms with Crippen molar-refractivity contribution in [1.82, 2.24) is 5.32 Å². The second kappa shape index (κ2) is 2.19. The molecule has 0 atom stereocenters. The Morgan fingerprint density at radius 1 is 1.08 bits per heavy atom. The van der Waals surface area contributed by atoms with Crippen molar-refractivity contribution in [1.29, 1.82) is 0 Å². The largest absolute Gasteiger partial charge is 0.317 e. The molecule has 0 spiro atoms. The molecule has 1 N–H and O–H groups in total. The van der Waals surface area contributed by atoms with Crippen LogP contribution in [0, 0.1) is 11.3 Å². The van der Waals surface area contributed by atoms with Gasteiger partial charge in [-0.3, -0.25) is 0 Å². The summed E-state index contributed by atoms with van der Waals surface area (Å²) in [7, 11) is 0. The lowest BCUT2D eigenvalue weighted by atomic mass is 9.38. The summed E-state index contributed by atoms with van der Waals surface area (Å²) in [5.74, 6) is 0.999. The summed E-state index contributed by atoms with van der Waals surface area (Å²) < 4.78 is 0. The number of piperidine rings is 1. The summed E-state index contributed by atoms with van der Waals surface area (Å²) in [6.45, 7) is 2.48. The van der Waals surface area contributed by atoms with Crippen LogP contribution in [-0.2, 0) is 0 Å². The van der Waals surface area contributed by atoms with Gasteiger partial charge in [0.15, 0.2) is 0 Å². The summed E-state index contributed by atoms with van der Waals surface area (Å²) in [5, 5.41) is 3.43. The summed E-state index contributed by atoms with van der Waals surface area (Å²) in [4.78, 5) is 0.283. The number of hydrogen-bond donors (Lipinski definition) is 1. The highest BCUT2D eigenvalue weighted by Crippen LogP contribution is 2.74. The molecule has 0 aromatic carbocycles. The molecule has 0 radical (unpaired) electrons. The minimum absolute atomic E-state index is 0.283. The van der Waals surface area contributed by atoms with Crippen LogP contribution in [0.2, 0.25) is 0 Å². The number of nitrogens with one attached hydrogen (secondary N) is 1. The molecule has 0 aromatic heterocycles. The van der Waals surface area contributed by atoms with Crippen molar-refractivity contribution in [2.45, 2.75) is 37.0 Å². The number of alkyl halides is 1. The summed E-state index contributed by atoms with van der Waals surface area (Å²) in [5.41, 5.74) is 0.726. The van der Waals surface area contributed by atoms with Gasteiger partial charge in [0.1, 0.15) is 0 Å². The van der Waals surface area contributed by atoms with Crippen molar-refractivity contribution >= 4 is 11.6 Å². The molecule has 0 aromatic rings. The van der Waals surface area contributed by atoms with Crippen molar-refractivity contribution < 1.29 is 0 Å². The standard InChI is InChI=1S/C10H16ClN/c11-10-5-9(6-10,7-10)8-1-3-12-4-2-8/h8,12H,1-7H2. The zero-order chi connectivity index (χ0) is 8.23. The van der Waals surface area contributed by atoms with E-state index in [1.54, 1.807) is 0 Å². The minimum atomic E-state index is 0.283. The van der Waals surface area contributed by atoms with E-state index in [0.717, 1.165) is 11.3 Å². The number of rotatable bonds is 1. The predicted octanol–water partition coefficient (Wildman–Crippen LogP) is 2.15. The molecule has 3 aliphatic carbocycles. The normalized spacial score (nSPS) is 52.8. The molecule has 0 unspecified atom stereocenters. The third-order valence-electron chi connectivity index (χ3n) is 4.21. The first-order valence-electron chi connectivity index (χ1n) is 5.12. The Hall–Kier alpha value is 0.250. The van der Waals surface area contributed by atoms with Crippen LogP contribution in [0.15, 0.2) is 0 Å². The Bertz CT molecular complexity index is 188. The first-order valence-corrected chi connectivity index (χ1v) is 5.50. The maximum atomic E-state index is 6.26. The van der Waals surface area contributed by atoms with E-state index in [0.29, 0.717) is 0 Å². The van der Waals surface area contributed by atoms with Crippen LogP contribution < -0.4 is 5.32 Å². The van der Waals surface area contributed by atoms with Crippen LogP contribution in [0.3, 0.4) is 0 Å². The Morgan fingerprint density at radius 2 is 1.67 bits per heavy atom. The molecule has 3 saturated carbocycles. The van der Waals surface area contributed by atoms with Gasteiger partial charge in [0, 0.05) is 4.87 Å². The highest BCUT2D eigenvalue weighted by atomic mass is 35.5. The summed E-state index contributed by atoms with van der Waals surface area (Å²) in [6.07, 6.45) is 6.77. The molecule has 2 heteroatoms. The SMILES string of the molecule is ClC12CC(C3CCNCC3)(C1)C2. The van der Waals surface area contributed by atoms with E-state index in [9.17, 15) is 0 Å². The lowest BCUT2D eigenvalue weighted by Crippen LogP contribution is -2.67. The van der Waals surface area contributed by atoms with E-state index >= 15 is 0 Å². The first-order chi connectivity index (χ1) is 5.73. The smallest absolute Gasteiger partial charge is 0.0463 e. The molecule has 1 saturated heterocycles. The van der Waals surface area contributed by atoms with Gasteiger partial charge < -0.3 is 5.32 Å². The molecule has 0 amide bonds. The highest BCUT2D eigenvalue weighted by molar-refractivity contribution is 6.26. The summed E-state index contributed by atoms with van der Waals surface area (Å²) >= 11 is 6.26. The van der Waals surface area contributed by atoms with Crippen molar-refractivity contribution in [3.63, 3.8) is 0 Å². The third-order valence-corrected chi connectivity index (χ3v) is 4.61. The maximum Gasteiger partial charge on any atom is 0.0463 e. The van der Waals surface area contributed by atoms with E-state index in [2.05, 4.69) is 5.32 Å². The molecule has 4 aliphatic rings. The van der Waals surface area contributed by atoms with Crippen molar-refractivity contribution in [3.8, 4) is 0 Å². The van der Waals surface area contributed by atoms with Crippen LogP contribution in [0.25, 0.3) is 0 Å². The van der Waals surface area contributed by atoms with Crippen LogP contribution in [0.4, 0.5) is 0 Å². The molecule has 1 nitrogen and oxygen atoms in total. The average Bonchev–Trinajstić information content (AvgIpc) is 1.99. The van der Waals surface area contributed by atoms with Crippen molar-refractivity contribution in [2.75, 3.05) is 13.1 Å². The zero-order valence-corrected chi connectivity index (χ0v) is 8.16. The fourth-order valence-electron chi connectivity index (χ4n) is 3.60. The fourth-order valence-corrected chi connectivity index (χ4v) is 4.40. The van der Waals surface area contributed by atoms with Crippen molar-refractivity contribution in [3.05, 3.63) is 0 Å². The van der Waals surface area contributed by atoms with Gasteiger partial charge in [-0.2, -0.15) is 0 Å². The van der Waals surface area contributed by atoms with E-state index in [1.807, 2.05) is 0 Å². The van der Waals surface area contributed by atoms with E-state index in [1.165, 1.54) is 45.2 Å². The molecule has 4 fully saturated rings. The van der Waals surface area contributed by atoms with Gasteiger partial charge in [-0.1, -0.05) is 0 Å². The maximum absolute atomic E-state index is 6.26. The predicted molar refractivity (Wildman–Crippen MR) is 50.5 cm³/mol. The van der Waals surface area contributed by atoms with Gasteiger partial charge in [-0.25, -0.2) is 0 Å². The molecular weight excluding hydrogens is 170 g/mol. The molecule has 1 aliphatic heterocycles. The molecule has 4 rings (SSSR count). The monoisotopic (exact) mass is 185 g/mol.